The Balaban J connectivity index is 2.01. The highest BCUT2D eigenvalue weighted by Gasteiger charge is 2.26. The zero-order valence-electron chi connectivity index (χ0n) is 11.6. The smallest absolute Gasteiger partial charge is 0.227 e. The number of likely N-dealkylation sites (tertiary alicyclic amines) is 1. The molecule has 100 valence electrons. The first kappa shape index (κ1) is 13.6. The van der Waals surface area contributed by atoms with Gasteiger partial charge in [0, 0.05) is 12.6 Å². The first-order valence-corrected chi connectivity index (χ1v) is 6.88. The molecule has 0 aliphatic carbocycles. The number of nitriles is 1. The summed E-state index contributed by atoms with van der Waals surface area (Å²) in [4.78, 5) is 14.3. The Hall–Kier alpha value is -1.82. The number of nitrogens with zero attached hydrogens (tertiary/aromatic N) is 2. The average molecular weight is 256 g/mol. The van der Waals surface area contributed by atoms with E-state index in [0.717, 1.165) is 18.5 Å². The van der Waals surface area contributed by atoms with Gasteiger partial charge < -0.3 is 4.90 Å². The normalized spacial score (nSPS) is 22.9. The molecule has 3 nitrogen and oxygen atoms in total. The second-order valence-corrected chi connectivity index (χ2v) is 5.56. The maximum absolute atomic E-state index is 12.3. The lowest BCUT2D eigenvalue weighted by Gasteiger charge is -2.37. The number of rotatable bonds is 2. The Bertz CT molecular complexity index is 486. The maximum atomic E-state index is 12.3. The van der Waals surface area contributed by atoms with Crippen LogP contribution in [-0.4, -0.2) is 23.4 Å². The van der Waals surface area contributed by atoms with Crippen LogP contribution in [0.4, 0.5) is 0 Å². The summed E-state index contributed by atoms with van der Waals surface area (Å²) in [7, 11) is 0. The minimum atomic E-state index is 0.198. The van der Waals surface area contributed by atoms with Gasteiger partial charge in [0.1, 0.15) is 0 Å². The molecule has 0 saturated carbocycles. The molecule has 0 N–H and O–H groups in total. The van der Waals surface area contributed by atoms with Gasteiger partial charge in [0.25, 0.3) is 0 Å². The highest BCUT2D eigenvalue weighted by molar-refractivity contribution is 5.79. The van der Waals surface area contributed by atoms with Gasteiger partial charge >= 0.3 is 0 Å². The number of benzene rings is 1. The summed E-state index contributed by atoms with van der Waals surface area (Å²) in [6.07, 6.45) is 2.74. The first-order chi connectivity index (χ1) is 9.10. The van der Waals surface area contributed by atoms with E-state index in [1.807, 2.05) is 17.0 Å². The molecular weight excluding hydrogens is 236 g/mol. The van der Waals surface area contributed by atoms with Crippen molar-refractivity contribution < 1.29 is 4.79 Å². The second-order valence-electron chi connectivity index (χ2n) is 5.56. The van der Waals surface area contributed by atoms with Crippen molar-refractivity contribution in [3.8, 4) is 6.07 Å². The molecule has 0 bridgehead atoms. The van der Waals surface area contributed by atoms with Gasteiger partial charge in [-0.1, -0.05) is 19.1 Å². The standard InChI is InChI=1S/C16H20N2O/c1-12-3-4-13(2)18(11-12)16(19)9-14-5-7-15(10-17)8-6-14/h5-8,12-13H,3-4,9,11H2,1-2H3. The van der Waals surface area contributed by atoms with Crippen LogP contribution in [0.25, 0.3) is 0 Å². The van der Waals surface area contributed by atoms with Crippen LogP contribution in [0.2, 0.25) is 0 Å². The summed E-state index contributed by atoms with van der Waals surface area (Å²) < 4.78 is 0. The number of hydrogen-bond acceptors (Lipinski definition) is 2. The van der Waals surface area contributed by atoms with Crippen LogP contribution in [0, 0.1) is 17.2 Å². The van der Waals surface area contributed by atoms with Crippen LogP contribution in [0.5, 0.6) is 0 Å². The van der Waals surface area contributed by atoms with E-state index in [1.165, 1.54) is 6.42 Å². The minimum absolute atomic E-state index is 0.198. The third kappa shape index (κ3) is 3.35. The van der Waals surface area contributed by atoms with Crippen LogP contribution >= 0.6 is 0 Å². The van der Waals surface area contributed by atoms with Gasteiger partial charge in [-0.25, -0.2) is 0 Å². The van der Waals surface area contributed by atoms with Gasteiger partial charge in [0.2, 0.25) is 5.91 Å². The van der Waals surface area contributed by atoms with E-state index in [4.69, 9.17) is 5.26 Å². The minimum Gasteiger partial charge on any atom is -0.339 e. The largest absolute Gasteiger partial charge is 0.339 e. The van der Waals surface area contributed by atoms with Gasteiger partial charge in [0.15, 0.2) is 0 Å². The van der Waals surface area contributed by atoms with E-state index < -0.39 is 0 Å². The van der Waals surface area contributed by atoms with E-state index in [0.29, 0.717) is 23.9 Å². The summed E-state index contributed by atoms with van der Waals surface area (Å²) in [5.74, 6) is 0.796. The maximum Gasteiger partial charge on any atom is 0.227 e. The third-order valence-corrected chi connectivity index (χ3v) is 3.88. The molecule has 0 radical (unpaired) electrons. The van der Waals surface area contributed by atoms with Crippen molar-refractivity contribution in [2.24, 2.45) is 5.92 Å². The van der Waals surface area contributed by atoms with Crippen LogP contribution in [0.3, 0.4) is 0 Å². The molecule has 3 heteroatoms. The van der Waals surface area contributed by atoms with Crippen molar-refractivity contribution in [1.29, 1.82) is 5.26 Å². The van der Waals surface area contributed by atoms with Crippen molar-refractivity contribution in [3.63, 3.8) is 0 Å². The Kier molecular flexibility index (Phi) is 4.21. The second kappa shape index (κ2) is 5.88. The molecule has 0 aromatic heterocycles. The lowest BCUT2D eigenvalue weighted by Crippen LogP contribution is -2.45. The topological polar surface area (TPSA) is 44.1 Å². The van der Waals surface area contributed by atoms with Crippen LogP contribution < -0.4 is 0 Å². The molecule has 1 saturated heterocycles. The molecule has 1 aliphatic heterocycles. The molecule has 2 unspecified atom stereocenters. The van der Waals surface area contributed by atoms with Gasteiger partial charge in [-0.3, -0.25) is 4.79 Å². The predicted molar refractivity (Wildman–Crippen MR) is 74.4 cm³/mol. The van der Waals surface area contributed by atoms with E-state index >= 15 is 0 Å². The van der Waals surface area contributed by atoms with E-state index in [1.54, 1.807) is 12.1 Å². The van der Waals surface area contributed by atoms with Crippen molar-refractivity contribution in [3.05, 3.63) is 35.4 Å². The molecule has 0 spiro atoms. The summed E-state index contributed by atoms with van der Waals surface area (Å²) in [5, 5.41) is 8.75. The molecule has 1 heterocycles. The number of hydrogen-bond donors (Lipinski definition) is 0. The monoisotopic (exact) mass is 256 g/mol. The molecule has 2 rings (SSSR count). The van der Waals surface area contributed by atoms with E-state index in [-0.39, 0.29) is 5.91 Å². The number of amides is 1. The molecule has 1 aromatic carbocycles. The molecule has 1 aromatic rings. The van der Waals surface area contributed by atoms with Gasteiger partial charge in [-0.2, -0.15) is 5.26 Å². The third-order valence-electron chi connectivity index (χ3n) is 3.88. The molecule has 1 fully saturated rings. The highest BCUT2D eigenvalue weighted by atomic mass is 16.2. The van der Waals surface area contributed by atoms with E-state index in [9.17, 15) is 4.79 Å². The first-order valence-electron chi connectivity index (χ1n) is 6.88. The highest BCUT2D eigenvalue weighted by Crippen LogP contribution is 2.22. The van der Waals surface area contributed by atoms with Crippen LogP contribution in [0.1, 0.15) is 37.8 Å². The zero-order valence-corrected chi connectivity index (χ0v) is 11.6. The van der Waals surface area contributed by atoms with Crippen molar-refractivity contribution in [1.82, 2.24) is 4.90 Å². The Labute approximate surface area is 114 Å². The number of carbonyl (C=O) groups is 1. The number of piperidine rings is 1. The molecule has 1 aliphatic rings. The van der Waals surface area contributed by atoms with Gasteiger partial charge in [-0.15, -0.1) is 0 Å². The van der Waals surface area contributed by atoms with Gasteiger partial charge in [-0.05, 0) is 43.4 Å². The zero-order chi connectivity index (χ0) is 13.8. The summed E-state index contributed by atoms with van der Waals surface area (Å²) in [5.41, 5.74) is 1.62. The van der Waals surface area contributed by atoms with Crippen LogP contribution in [-0.2, 0) is 11.2 Å². The quantitative estimate of drug-likeness (QED) is 0.816. The Morgan fingerprint density at radius 2 is 2.00 bits per heavy atom. The molecule has 1 amide bonds. The lowest BCUT2D eigenvalue weighted by molar-refractivity contribution is -0.134. The molecular formula is C16H20N2O. The Morgan fingerprint density at radius 3 is 2.63 bits per heavy atom. The predicted octanol–water partition coefficient (Wildman–Crippen LogP) is 2.75. The van der Waals surface area contributed by atoms with Crippen molar-refractivity contribution >= 4 is 5.91 Å². The molecule has 19 heavy (non-hydrogen) atoms. The Morgan fingerprint density at radius 1 is 1.32 bits per heavy atom. The fraction of sp³-hybridized carbons (Fsp3) is 0.500. The fourth-order valence-electron chi connectivity index (χ4n) is 2.61. The summed E-state index contributed by atoms with van der Waals surface area (Å²) >= 11 is 0. The van der Waals surface area contributed by atoms with Gasteiger partial charge in [0.05, 0.1) is 18.1 Å². The van der Waals surface area contributed by atoms with E-state index in [2.05, 4.69) is 19.9 Å². The fourth-order valence-corrected chi connectivity index (χ4v) is 2.61. The number of carbonyl (C=O) groups excluding carboxylic acids is 1. The summed E-state index contributed by atoms with van der Waals surface area (Å²) in [6, 6.07) is 9.71. The van der Waals surface area contributed by atoms with Crippen LogP contribution in [0.15, 0.2) is 24.3 Å². The van der Waals surface area contributed by atoms with Crippen molar-refractivity contribution in [2.45, 2.75) is 39.2 Å². The molecule has 2 atom stereocenters. The average Bonchev–Trinajstić information content (AvgIpc) is 2.42. The summed E-state index contributed by atoms with van der Waals surface area (Å²) in [6.45, 7) is 5.20. The SMILES string of the molecule is CC1CCC(C)N(C(=O)Cc2ccc(C#N)cc2)C1. The lowest BCUT2D eigenvalue weighted by atomic mass is 9.94. The van der Waals surface area contributed by atoms with Crippen molar-refractivity contribution in [2.75, 3.05) is 6.54 Å².